The lowest BCUT2D eigenvalue weighted by molar-refractivity contribution is -0.136. The van der Waals surface area contributed by atoms with Crippen molar-refractivity contribution in [2.45, 2.75) is 13.8 Å². The molecule has 0 spiro atoms. The maximum absolute atomic E-state index is 12.1. The van der Waals surface area contributed by atoms with Crippen LogP contribution in [0.5, 0.6) is 5.75 Å². The smallest absolute Gasteiger partial charge is 0.313 e. The van der Waals surface area contributed by atoms with Crippen LogP contribution in [0.4, 0.5) is 11.4 Å². The molecule has 2 N–H and O–H groups in total. The lowest BCUT2D eigenvalue weighted by atomic mass is 10.2. The van der Waals surface area contributed by atoms with Gasteiger partial charge in [0.05, 0.1) is 11.6 Å². The van der Waals surface area contributed by atoms with Gasteiger partial charge in [-0.3, -0.25) is 9.59 Å². The molecule has 0 fully saturated rings. The van der Waals surface area contributed by atoms with E-state index in [1.54, 1.807) is 18.2 Å². The van der Waals surface area contributed by atoms with Crippen LogP contribution in [0.2, 0.25) is 5.02 Å². The Balaban J connectivity index is 1.80. The Hall–Kier alpha value is -2.73. The van der Waals surface area contributed by atoms with E-state index in [0.717, 1.165) is 5.69 Å². The first-order valence-electron chi connectivity index (χ1n) is 9.14. The van der Waals surface area contributed by atoms with Gasteiger partial charge in [-0.25, -0.2) is 0 Å². The Morgan fingerprint density at radius 1 is 1.11 bits per heavy atom. The molecule has 0 aliphatic rings. The number of carbonyl (C=O) groups excluding carboxylic acids is 2. The van der Waals surface area contributed by atoms with E-state index in [-0.39, 0.29) is 0 Å². The van der Waals surface area contributed by atoms with Crippen LogP contribution in [0.15, 0.2) is 48.5 Å². The number of para-hydroxylation sites is 1. The number of nitrogens with one attached hydrogen (secondary N) is 2. The molecule has 2 aromatic carbocycles. The Labute approximate surface area is 170 Å². The van der Waals surface area contributed by atoms with Crippen molar-refractivity contribution in [2.24, 2.45) is 5.92 Å². The van der Waals surface area contributed by atoms with Gasteiger partial charge in [0.2, 0.25) is 0 Å². The second-order valence-corrected chi connectivity index (χ2v) is 7.22. The van der Waals surface area contributed by atoms with Gasteiger partial charge in [0.1, 0.15) is 5.75 Å². The zero-order chi connectivity index (χ0) is 20.5. The number of nitrogens with zero attached hydrogens (tertiary/aromatic N) is 1. The summed E-state index contributed by atoms with van der Waals surface area (Å²) in [4.78, 5) is 26.0. The standard InChI is InChI=1S/C21H26ClN3O3/c1-15(2)14-28-19-10-9-16(13-18(19)22)24-21(27)20(26)23-11-12-25(3)17-7-5-4-6-8-17/h4-10,13,15H,11-12,14H2,1-3H3,(H,23,26)(H,24,27). The molecule has 7 heteroatoms. The number of halogens is 1. The number of hydrogen-bond donors (Lipinski definition) is 2. The highest BCUT2D eigenvalue weighted by molar-refractivity contribution is 6.40. The first kappa shape index (κ1) is 21.6. The van der Waals surface area contributed by atoms with Gasteiger partial charge in [-0.1, -0.05) is 43.6 Å². The molecule has 2 rings (SSSR count). The monoisotopic (exact) mass is 403 g/mol. The third-order valence-electron chi connectivity index (χ3n) is 3.90. The minimum absolute atomic E-state index is 0.348. The second kappa shape index (κ2) is 10.6. The van der Waals surface area contributed by atoms with Gasteiger partial charge in [-0.15, -0.1) is 0 Å². The highest BCUT2D eigenvalue weighted by Crippen LogP contribution is 2.28. The van der Waals surface area contributed by atoms with Crippen molar-refractivity contribution >= 4 is 34.8 Å². The highest BCUT2D eigenvalue weighted by atomic mass is 35.5. The first-order chi connectivity index (χ1) is 13.4. The molecule has 0 aliphatic carbocycles. The van der Waals surface area contributed by atoms with E-state index in [0.29, 0.717) is 42.1 Å². The number of carbonyl (C=O) groups is 2. The van der Waals surface area contributed by atoms with E-state index < -0.39 is 11.8 Å². The number of anilines is 2. The SMILES string of the molecule is CC(C)COc1ccc(NC(=O)C(=O)NCCN(C)c2ccccc2)cc1Cl. The van der Waals surface area contributed by atoms with Gasteiger partial charge in [0.15, 0.2) is 0 Å². The van der Waals surface area contributed by atoms with Crippen molar-refractivity contribution in [2.75, 3.05) is 37.0 Å². The number of hydrogen-bond acceptors (Lipinski definition) is 4. The minimum atomic E-state index is -0.741. The van der Waals surface area contributed by atoms with Gasteiger partial charge < -0.3 is 20.3 Å². The van der Waals surface area contributed by atoms with Crippen molar-refractivity contribution in [1.29, 1.82) is 0 Å². The van der Waals surface area contributed by atoms with Crippen molar-refractivity contribution in [3.8, 4) is 5.75 Å². The largest absolute Gasteiger partial charge is 0.492 e. The van der Waals surface area contributed by atoms with Crippen LogP contribution in [-0.4, -0.2) is 38.6 Å². The lowest BCUT2D eigenvalue weighted by Crippen LogP contribution is -2.39. The predicted molar refractivity (Wildman–Crippen MR) is 113 cm³/mol. The molecular weight excluding hydrogens is 378 g/mol. The summed E-state index contributed by atoms with van der Waals surface area (Å²) in [6, 6.07) is 14.7. The fourth-order valence-electron chi connectivity index (χ4n) is 2.37. The van der Waals surface area contributed by atoms with E-state index in [2.05, 4.69) is 10.6 Å². The lowest BCUT2D eigenvalue weighted by Gasteiger charge is -2.19. The Morgan fingerprint density at radius 3 is 2.46 bits per heavy atom. The van der Waals surface area contributed by atoms with E-state index in [9.17, 15) is 9.59 Å². The maximum atomic E-state index is 12.1. The van der Waals surface area contributed by atoms with Crippen molar-refractivity contribution in [3.63, 3.8) is 0 Å². The zero-order valence-electron chi connectivity index (χ0n) is 16.4. The average molecular weight is 404 g/mol. The number of likely N-dealkylation sites (N-methyl/N-ethyl adjacent to an activating group) is 1. The number of ether oxygens (including phenoxy) is 1. The van der Waals surface area contributed by atoms with Gasteiger partial charge in [-0.05, 0) is 36.2 Å². The Bertz CT molecular complexity index is 797. The summed E-state index contributed by atoms with van der Waals surface area (Å²) in [7, 11) is 1.92. The predicted octanol–water partition coefficient (Wildman–Crippen LogP) is 3.57. The molecule has 150 valence electrons. The number of amides is 2. The molecule has 0 saturated carbocycles. The van der Waals surface area contributed by atoms with Gasteiger partial charge in [-0.2, -0.15) is 0 Å². The van der Waals surface area contributed by atoms with Gasteiger partial charge >= 0.3 is 11.8 Å². The molecule has 2 aromatic rings. The third-order valence-corrected chi connectivity index (χ3v) is 4.19. The average Bonchev–Trinajstić information content (AvgIpc) is 2.67. The molecule has 0 bridgehead atoms. The topological polar surface area (TPSA) is 70.7 Å². The van der Waals surface area contributed by atoms with E-state index in [4.69, 9.17) is 16.3 Å². The van der Waals surface area contributed by atoms with E-state index in [1.807, 2.05) is 56.1 Å². The van der Waals surface area contributed by atoms with E-state index >= 15 is 0 Å². The number of benzene rings is 2. The molecular formula is C21H26ClN3O3. The quantitative estimate of drug-likeness (QED) is 0.661. The van der Waals surface area contributed by atoms with E-state index in [1.165, 1.54) is 0 Å². The molecule has 0 unspecified atom stereocenters. The summed E-state index contributed by atoms with van der Waals surface area (Å²) in [5.41, 5.74) is 1.47. The van der Waals surface area contributed by atoms with Crippen LogP contribution in [0.1, 0.15) is 13.8 Å². The van der Waals surface area contributed by atoms with Crippen LogP contribution < -0.4 is 20.3 Å². The van der Waals surface area contributed by atoms with Crippen LogP contribution in [-0.2, 0) is 9.59 Å². The molecule has 0 aromatic heterocycles. The molecule has 0 radical (unpaired) electrons. The maximum Gasteiger partial charge on any atom is 0.313 e. The van der Waals surface area contributed by atoms with Crippen LogP contribution in [0.3, 0.4) is 0 Å². The minimum Gasteiger partial charge on any atom is -0.492 e. The van der Waals surface area contributed by atoms with Gasteiger partial charge in [0, 0.05) is 31.5 Å². The summed E-state index contributed by atoms with van der Waals surface area (Å²) in [5.74, 6) is -0.520. The molecule has 0 saturated heterocycles. The molecule has 28 heavy (non-hydrogen) atoms. The Kier molecular flexibility index (Phi) is 8.14. The van der Waals surface area contributed by atoms with Crippen molar-refractivity contribution in [1.82, 2.24) is 5.32 Å². The Morgan fingerprint density at radius 2 is 1.82 bits per heavy atom. The van der Waals surface area contributed by atoms with Crippen molar-refractivity contribution < 1.29 is 14.3 Å². The normalized spacial score (nSPS) is 10.5. The van der Waals surface area contributed by atoms with Crippen LogP contribution >= 0.6 is 11.6 Å². The first-order valence-corrected chi connectivity index (χ1v) is 9.52. The molecule has 0 heterocycles. The molecule has 6 nitrogen and oxygen atoms in total. The van der Waals surface area contributed by atoms with Gasteiger partial charge in [0.25, 0.3) is 0 Å². The number of rotatable bonds is 8. The second-order valence-electron chi connectivity index (χ2n) is 6.82. The molecule has 0 aliphatic heterocycles. The van der Waals surface area contributed by atoms with Crippen LogP contribution in [0.25, 0.3) is 0 Å². The summed E-state index contributed by atoms with van der Waals surface area (Å²) >= 11 is 6.17. The fourth-order valence-corrected chi connectivity index (χ4v) is 2.60. The van der Waals surface area contributed by atoms with Crippen molar-refractivity contribution in [3.05, 3.63) is 53.6 Å². The third kappa shape index (κ3) is 6.78. The summed E-state index contributed by atoms with van der Waals surface area (Å²) < 4.78 is 5.59. The highest BCUT2D eigenvalue weighted by Gasteiger charge is 2.14. The molecule has 2 amide bonds. The van der Waals surface area contributed by atoms with Crippen LogP contribution in [0, 0.1) is 5.92 Å². The molecule has 0 atom stereocenters. The summed E-state index contributed by atoms with van der Waals surface area (Å²) in [6.45, 7) is 5.56. The summed E-state index contributed by atoms with van der Waals surface area (Å²) in [6.07, 6.45) is 0. The fraction of sp³-hybridized carbons (Fsp3) is 0.333. The zero-order valence-corrected chi connectivity index (χ0v) is 17.1. The summed E-state index contributed by atoms with van der Waals surface area (Å²) in [5, 5.41) is 5.53.